The van der Waals surface area contributed by atoms with Crippen LogP contribution in [0.1, 0.15) is 42.1 Å². The first-order chi connectivity index (χ1) is 14.5. The minimum absolute atomic E-state index is 0.133. The quantitative estimate of drug-likeness (QED) is 0.581. The Morgan fingerprint density at radius 3 is 2.87 bits per heavy atom. The number of hydrogen-bond acceptors (Lipinski definition) is 4. The van der Waals surface area contributed by atoms with Crippen LogP contribution in [0.5, 0.6) is 11.5 Å². The Hall–Kier alpha value is -2.24. The van der Waals surface area contributed by atoms with Gasteiger partial charge in [-0.25, -0.2) is 0 Å². The number of carbonyl (C=O) groups excluding carboxylic acids is 1. The first-order valence-electron chi connectivity index (χ1n) is 10.6. The van der Waals surface area contributed by atoms with Gasteiger partial charge < -0.3 is 14.8 Å². The van der Waals surface area contributed by atoms with Crippen LogP contribution in [0.25, 0.3) is 0 Å². The number of hydrogen-bond donors (Lipinski definition) is 1. The van der Waals surface area contributed by atoms with Gasteiger partial charge in [0.1, 0.15) is 0 Å². The third-order valence-corrected chi connectivity index (χ3v) is 5.56. The van der Waals surface area contributed by atoms with Crippen LogP contribution < -0.4 is 14.8 Å². The van der Waals surface area contributed by atoms with Gasteiger partial charge in [0.15, 0.2) is 11.5 Å². The molecule has 5 nitrogen and oxygen atoms in total. The lowest BCUT2D eigenvalue weighted by Crippen LogP contribution is -2.33. The number of nitrogens with one attached hydrogen (secondary N) is 1. The van der Waals surface area contributed by atoms with Gasteiger partial charge in [0.05, 0.1) is 13.7 Å². The lowest BCUT2D eigenvalue weighted by Gasteiger charge is -2.30. The van der Waals surface area contributed by atoms with Crippen LogP contribution in [-0.2, 0) is 6.54 Å². The van der Waals surface area contributed by atoms with Gasteiger partial charge in [-0.2, -0.15) is 0 Å². The van der Waals surface area contributed by atoms with Crippen molar-refractivity contribution in [3.63, 3.8) is 0 Å². The standard InChI is InChI=1S/C24H31ClN2O3/c1-18-6-4-12-27(16-18)17-19-9-10-22(23(14-19)29-2)30-13-5-11-26-24(28)20-7-3-8-21(25)15-20/h3,7-10,14-15,18H,4-6,11-13,16-17H2,1-2H3,(H,26,28). The summed E-state index contributed by atoms with van der Waals surface area (Å²) in [5, 5.41) is 3.44. The summed E-state index contributed by atoms with van der Waals surface area (Å²) >= 11 is 5.93. The van der Waals surface area contributed by atoms with Crippen LogP contribution in [0, 0.1) is 5.92 Å². The fraction of sp³-hybridized carbons (Fsp3) is 0.458. The molecule has 1 aliphatic rings. The highest BCUT2D eigenvalue weighted by atomic mass is 35.5. The Labute approximate surface area is 184 Å². The molecule has 162 valence electrons. The average molecular weight is 431 g/mol. The molecule has 2 aromatic carbocycles. The van der Waals surface area contributed by atoms with E-state index < -0.39 is 0 Å². The van der Waals surface area contributed by atoms with Gasteiger partial charge in [0.2, 0.25) is 0 Å². The van der Waals surface area contributed by atoms with E-state index in [1.54, 1.807) is 31.4 Å². The van der Waals surface area contributed by atoms with E-state index in [9.17, 15) is 4.79 Å². The molecule has 1 fully saturated rings. The first kappa shape index (κ1) is 22.4. The van der Waals surface area contributed by atoms with Crippen LogP contribution in [-0.4, -0.2) is 44.2 Å². The van der Waals surface area contributed by atoms with E-state index >= 15 is 0 Å². The number of nitrogens with zero attached hydrogens (tertiary/aromatic N) is 1. The predicted molar refractivity (Wildman–Crippen MR) is 121 cm³/mol. The minimum Gasteiger partial charge on any atom is -0.493 e. The van der Waals surface area contributed by atoms with Crippen molar-refractivity contribution in [2.24, 2.45) is 5.92 Å². The molecule has 0 aliphatic carbocycles. The maximum atomic E-state index is 12.1. The summed E-state index contributed by atoms with van der Waals surface area (Å²) in [6.45, 7) is 6.60. The Morgan fingerprint density at radius 1 is 1.23 bits per heavy atom. The molecule has 30 heavy (non-hydrogen) atoms. The Morgan fingerprint density at radius 2 is 2.10 bits per heavy atom. The zero-order valence-electron chi connectivity index (χ0n) is 17.8. The lowest BCUT2D eigenvalue weighted by molar-refractivity contribution is 0.0951. The molecule has 1 aliphatic heterocycles. The molecular weight excluding hydrogens is 400 g/mol. The number of benzene rings is 2. The van der Waals surface area contributed by atoms with Gasteiger partial charge in [0.25, 0.3) is 5.91 Å². The van der Waals surface area contributed by atoms with Crippen molar-refractivity contribution in [1.29, 1.82) is 0 Å². The second-order valence-electron chi connectivity index (χ2n) is 7.94. The van der Waals surface area contributed by atoms with E-state index in [0.717, 1.165) is 37.1 Å². The average Bonchev–Trinajstić information content (AvgIpc) is 2.74. The second kappa shape index (κ2) is 11.2. The van der Waals surface area contributed by atoms with Gasteiger partial charge >= 0.3 is 0 Å². The van der Waals surface area contributed by atoms with Crippen molar-refractivity contribution in [1.82, 2.24) is 10.2 Å². The smallest absolute Gasteiger partial charge is 0.251 e. The fourth-order valence-electron chi connectivity index (χ4n) is 3.81. The molecule has 0 spiro atoms. The number of halogens is 1. The van der Waals surface area contributed by atoms with Crippen LogP contribution in [0.4, 0.5) is 0 Å². The number of carbonyl (C=O) groups is 1. The van der Waals surface area contributed by atoms with Gasteiger partial charge in [-0.3, -0.25) is 9.69 Å². The fourth-order valence-corrected chi connectivity index (χ4v) is 4.00. The molecular formula is C24H31ClN2O3. The summed E-state index contributed by atoms with van der Waals surface area (Å²) in [4.78, 5) is 14.6. The van der Waals surface area contributed by atoms with Gasteiger partial charge in [0, 0.05) is 30.2 Å². The van der Waals surface area contributed by atoms with Gasteiger partial charge in [-0.05, 0) is 67.6 Å². The van der Waals surface area contributed by atoms with E-state index in [1.165, 1.54) is 18.4 Å². The van der Waals surface area contributed by atoms with Crippen LogP contribution >= 0.6 is 11.6 Å². The number of piperidine rings is 1. The third-order valence-electron chi connectivity index (χ3n) is 5.33. The zero-order valence-corrected chi connectivity index (χ0v) is 18.6. The molecule has 1 N–H and O–H groups in total. The summed E-state index contributed by atoms with van der Waals surface area (Å²) in [7, 11) is 1.67. The Bertz CT molecular complexity index is 843. The minimum atomic E-state index is -0.133. The molecule has 1 amide bonds. The maximum Gasteiger partial charge on any atom is 0.251 e. The second-order valence-corrected chi connectivity index (χ2v) is 8.37. The molecule has 1 unspecified atom stereocenters. The highest BCUT2D eigenvalue weighted by Gasteiger charge is 2.17. The summed E-state index contributed by atoms with van der Waals surface area (Å²) in [5.74, 6) is 2.11. The topological polar surface area (TPSA) is 50.8 Å². The molecule has 0 aromatic heterocycles. The molecule has 3 rings (SSSR count). The summed E-state index contributed by atoms with van der Waals surface area (Å²) in [6.07, 6.45) is 3.29. The largest absolute Gasteiger partial charge is 0.493 e. The summed E-state index contributed by atoms with van der Waals surface area (Å²) in [5.41, 5.74) is 1.80. The van der Waals surface area contributed by atoms with Crippen molar-refractivity contribution in [3.05, 3.63) is 58.6 Å². The van der Waals surface area contributed by atoms with Gasteiger partial charge in [-0.1, -0.05) is 30.7 Å². The van der Waals surface area contributed by atoms with Crippen molar-refractivity contribution in [2.45, 2.75) is 32.7 Å². The lowest BCUT2D eigenvalue weighted by atomic mass is 10.00. The monoisotopic (exact) mass is 430 g/mol. The number of ether oxygens (including phenoxy) is 2. The van der Waals surface area contributed by atoms with E-state index in [1.807, 2.05) is 6.07 Å². The van der Waals surface area contributed by atoms with Crippen LogP contribution in [0.2, 0.25) is 5.02 Å². The molecule has 2 aromatic rings. The highest BCUT2D eigenvalue weighted by Crippen LogP contribution is 2.29. The molecule has 1 saturated heterocycles. The number of likely N-dealkylation sites (tertiary alicyclic amines) is 1. The third kappa shape index (κ3) is 6.64. The summed E-state index contributed by atoms with van der Waals surface area (Å²) < 4.78 is 11.4. The van der Waals surface area contributed by atoms with Crippen LogP contribution in [0.15, 0.2) is 42.5 Å². The first-order valence-corrected chi connectivity index (χ1v) is 11.0. The molecule has 1 atom stereocenters. The SMILES string of the molecule is COc1cc(CN2CCCC(C)C2)ccc1OCCCNC(=O)c1cccc(Cl)c1. The number of amides is 1. The number of methoxy groups -OCH3 is 1. The predicted octanol–water partition coefficient (Wildman–Crippen LogP) is 4.78. The highest BCUT2D eigenvalue weighted by molar-refractivity contribution is 6.30. The van der Waals surface area contributed by atoms with Crippen molar-refractivity contribution in [3.8, 4) is 11.5 Å². The van der Waals surface area contributed by atoms with Gasteiger partial charge in [-0.15, -0.1) is 0 Å². The van der Waals surface area contributed by atoms with Crippen molar-refractivity contribution < 1.29 is 14.3 Å². The van der Waals surface area contributed by atoms with Crippen LogP contribution in [0.3, 0.4) is 0 Å². The van der Waals surface area contributed by atoms with E-state index in [2.05, 4.69) is 29.3 Å². The van der Waals surface area contributed by atoms with E-state index in [4.69, 9.17) is 21.1 Å². The molecule has 1 heterocycles. The number of rotatable bonds is 9. The molecule has 0 saturated carbocycles. The Balaban J connectivity index is 1.44. The Kier molecular flexibility index (Phi) is 8.40. The molecule has 0 bridgehead atoms. The maximum absolute atomic E-state index is 12.1. The molecule has 6 heteroatoms. The van der Waals surface area contributed by atoms with E-state index in [0.29, 0.717) is 30.2 Å². The van der Waals surface area contributed by atoms with E-state index in [-0.39, 0.29) is 5.91 Å². The molecule has 0 radical (unpaired) electrons. The zero-order chi connectivity index (χ0) is 21.3. The summed E-state index contributed by atoms with van der Waals surface area (Å²) in [6, 6.07) is 13.1. The normalized spacial score (nSPS) is 16.8. The van der Waals surface area contributed by atoms with Crippen molar-refractivity contribution in [2.75, 3.05) is 33.4 Å². The van der Waals surface area contributed by atoms with Crippen molar-refractivity contribution >= 4 is 17.5 Å².